The molecule has 2 aromatic carbocycles. The number of rotatable bonds is 5. The van der Waals surface area contributed by atoms with Crippen LogP contribution in [-0.2, 0) is 6.54 Å². The minimum Gasteiger partial charge on any atom is -0.454 e. The summed E-state index contributed by atoms with van der Waals surface area (Å²) in [5, 5.41) is 14.5. The van der Waals surface area contributed by atoms with E-state index in [4.69, 9.17) is 9.47 Å². The number of anilines is 3. The summed E-state index contributed by atoms with van der Waals surface area (Å²) in [7, 11) is 0. The number of ether oxygens (including phenoxy) is 2. The van der Waals surface area contributed by atoms with E-state index < -0.39 is 0 Å². The minimum atomic E-state index is 0.269. The summed E-state index contributed by atoms with van der Waals surface area (Å²) < 4.78 is 10.7. The molecular weight excluding hydrogens is 330 g/mol. The summed E-state index contributed by atoms with van der Waals surface area (Å²) in [6, 6.07) is 12.1. The topological polar surface area (TPSA) is 81.2 Å². The molecule has 4 rings (SSSR count). The Bertz CT molecular complexity index is 925. The van der Waals surface area contributed by atoms with Crippen molar-refractivity contribution in [3.8, 4) is 11.5 Å². The van der Waals surface area contributed by atoms with Crippen molar-refractivity contribution in [3.05, 3.63) is 59.3 Å². The normalized spacial score (nSPS) is 12.1. The lowest BCUT2D eigenvalue weighted by molar-refractivity contribution is 0.174. The zero-order valence-corrected chi connectivity index (χ0v) is 14.6. The molecule has 0 saturated heterocycles. The molecule has 0 amide bonds. The van der Waals surface area contributed by atoms with Crippen LogP contribution in [0.1, 0.15) is 16.7 Å². The van der Waals surface area contributed by atoms with Crippen molar-refractivity contribution in [1.82, 2.24) is 15.2 Å². The number of nitrogens with zero attached hydrogens (tertiary/aromatic N) is 3. The van der Waals surface area contributed by atoms with E-state index >= 15 is 0 Å². The van der Waals surface area contributed by atoms with Crippen LogP contribution in [0, 0.1) is 13.8 Å². The second-order valence-corrected chi connectivity index (χ2v) is 6.21. The Kier molecular flexibility index (Phi) is 4.27. The maximum atomic E-state index is 5.39. The molecule has 0 saturated carbocycles. The van der Waals surface area contributed by atoms with Gasteiger partial charge in [-0.1, -0.05) is 12.1 Å². The summed E-state index contributed by atoms with van der Waals surface area (Å²) in [4.78, 5) is 4.46. The molecule has 7 heteroatoms. The lowest BCUT2D eigenvalue weighted by atomic mass is 10.1. The van der Waals surface area contributed by atoms with Crippen LogP contribution in [0.2, 0.25) is 0 Å². The zero-order chi connectivity index (χ0) is 17.9. The molecule has 0 atom stereocenters. The van der Waals surface area contributed by atoms with Crippen molar-refractivity contribution in [2.45, 2.75) is 20.4 Å². The van der Waals surface area contributed by atoms with E-state index in [-0.39, 0.29) is 6.79 Å². The van der Waals surface area contributed by atoms with Gasteiger partial charge in [0, 0.05) is 12.2 Å². The van der Waals surface area contributed by atoms with Crippen LogP contribution >= 0.6 is 0 Å². The largest absolute Gasteiger partial charge is 0.454 e. The Hall–Kier alpha value is -3.35. The van der Waals surface area contributed by atoms with Crippen LogP contribution in [0.15, 0.2) is 42.6 Å². The van der Waals surface area contributed by atoms with E-state index in [0.717, 1.165) is 22.7 Å². The Balaban J connectivity index is 1.44. The maximum absolute atomic E-state index is 5.39. The van der Waals surface area contributed by atoms with Crippen molar-refractivity contribution >= 4 is 17.5 Å². The van der Waals surface area contributed by atoms with Crippen LogP contribution in [0.5, 0.6) is 11.5 Å². The minimum absolute atomic E-state index is 0.269. The van der Waals surface area contributed by atoms with Gasteiger partial charge in [0.2, 0.25) is 12.7 Å². The van der Waals surface area contributed by atoms with Crippen LogP contribution < -0.4 is 20.1 Å². The third kappa shape index (κ3) is 3.66. The molecular formula is C19H19N5O2. The van der Waals surface area contributed by atoms with Crippen molar-refractivity contribution in [3.63, 3.8) is 0 Å². The monoisotopic (exact) mass is 349 g/mol. The predicted molar refractivity (Wildman–Crippen MR) is 98.9 cm³/mol. The van der Waals surface area contributed by atoms with Crippen molar-refractivity contribution in [2.75, 3.05) is 17.4 Å². The summed E-state index contributed by atoms with van der Waals surface area (Å²) in [5.74, 6) is 2.62. The van der Waals surface area contributed by atoms with E-state index in [1.54, 1.807) is 6.20 Å². The molecule has 2 heterocycles. The van der Waals surface area contributed by atoms with Crippen LogP contribution in [-0.4, -0.2) is 22.0 Å². The number of hydrogen-bond donors (Lipinski definition) is 2. The van der Waals surface area contributed by atoms with Gasteiger partial charge in [-0.3, -0.25) is 0 Å². The van der Waals surface area contributed by atoms with E-state index in [9.17, 15) is 0 Å². The van der Waals surface area contributed by atoms with Crippen LogP contribution in [0.3, 0.4) is 0 Å². The highest BCUT2D eigenvalue weighted by Gasteiger charge is 2.13. The van der Waals surface area contributed by atoms with Gasteiger partial charge in [0.15, 0.2) is 17.3 Å². The first kappa shape index (κ1) is 16.1. The van der Waals surface area contributed by atoms with E-state index in [1.165, 1.54) is 11.1 Å². The van der Waals surface area contributed by atoms with Gasteiger partial charge < -0.3 is 20.1 Å². The summed E-state index contributed by atoms with van der Waals surface area (Å²) in [6.07, 6.45) is 1.60. The molecule has 0 radical (unpaired) electrons. The Morgan fingerprint density at radius 2 is 1.81 bits per heavy atom. The van der Waals surface area contributed by atoms with Crippen molar-refractivity contribution in [2.24, 2.45) is 0 Å². The average molecular weight is 349 g/mol. The number of hydrogen-bond acceptors (Lipinski definition) is 7. The molecule has 132 valence electrons. The second-order valence-electron chi connectivity index (χ2n) is 6.21. The summed E-state index contributed by atoms with van der Waals surface area (Å²) >= 11 is 0. The Morgan fingerprint density at radius 3 is 2.65 bits per heavy atom. The number of nitrogens with one attached hydrogen (secondary N) is 2. The summed E-state index contributed by atoms with van der Waals surface area (Å²) in [5.41, 5.74) is 4.40. The first-order valence-electron chi connectivity index (χ1n) is 8.33. The van der Waals surface area contributed by atoms with Crippen LogP contribution in [0.25, 0.3) is 0 Å². The van der Waals surface area contributed by atoms with Gasteiger partial charge >= 0.3 is 0 Å². The lowest BCUT2D eigenvalue weighted by Gasteiger charge is -2.09. The predicted octanol–water partition coefficient (Wildman–Crippen LogP) is 3.57. The molecule has 0 bridgehead atoms. The number of aryl methyl sites for hydroxylation is 2. The molecule has 7 nitrogen and oxygen atoms in total. The molecule has 1 aromatic heterocycles. The van der Waals surface area contributed by atoms with E-state index in [0.29, 0.717) is 18.3 Å². The average Bonchev–Trinajstić information content (AvgIpc) is 3.07. The van der Waals surface area contributed by atoms with Gasteiger partial charge in [0.05, 0.1) is 6.20 Å². The molecule has 26 heavy (non-hydrogen) atoms. The molecule has 1 aliphatic heterocycles. The zero-order valence-electron chi connectivity index (χ0n) is 14.6. The first-order valence-corrected chi connectivity index (χ1v) is 8.33. The second kappa shape index (κ2) is 6.87. The molecule has 0 spiro atoms. The van der Waals surface area contributed by atoms with Gasteiger partial charge in [0.25, 0.3) is 0 Å². The van der Waals surface area contributed by atoms with Gasteiger partial charge in [-0.15, -0.1) is 5.10 Å². The standard InChI is InChI=1S/C19H19N5O2/c1-12-5-13(2)7-15(6-12)22-18-10-21-24-19(23-18)20-9-14-3-4-16-17(8-14)26-11-25-16/h3-8,10H,9,11H2,1-2H3,(H2,20,22,23,24). The fourth-order valence-electron chi connectivity index (χ4n) is 2.87. The fraction of sp³-hybridized carbons (Fsp3) is 0.211. The van der Waals surface area contributed by atoms with Crippen molar-refractivity contribution in [1.29, 1.82) is 0 Å². The highest BCUT2D eigenvalue weighted by atomic mass is 16.7. The molecule has 1 aliphatic rings. The first-order chi connectivity index (χ1) is 12.7. The molecule has 0 unspecified atom stereocenters. The molecule has 3 aromatic rings. The van der Waals surface area contributed by atoms with E-state index in [2.05, 4.69) is 57.9 Å². The Morgan fingerprint density at radius 1 is 1.00 bits per heavy atom. The quantitative estimate of drug-likeness (QED) is 0.729. The van der Waals surface area contributed by atoms with Crippen LogP contribution in [0.4, 0.5) is 17.5 Å². The smallest absolute Gasteiger partial charge is 0.244 e. The Labute approximate surface area is 151 Å². The lowest BCUT2D eigenvalue weighted by Crippen LogP contribution is -2.06. The van der Waals surface area contributed by atoms with Gasteiger partial charge in [0.1, 0.15) is 0 Å². The SMILES string of the molecule is Cc1cc(C)cc(Nc2cnnc(NCc3ccc4c(c3)OCO4)n2)c1. The fourth-order valence-corrected chi connectivity index (χ4v) is 2.87. The highest BCUT2D eigenvalue weighted by Crippen LogP contribution is 2.32. The maximum Gasteiger partial charge on any atom is 0.244 e. The van der Waals surface area contributed by atoms with Gasteiger partial charge in [-0.2, -0.15) is 10.1 Å². The molecule has 2 N–H and O–H groups in total. The third-order valence-electron chi connectivity index (χ3n) is 3.94. The number of benzene rings is 2. The van der Waals surface area contributed by atoms with Gasteiger partial charge in [-0.25, -0.2) is 0 Å². The molecule has 0 fully saturated rings. The summed E-state index contributed by atoms with van der Waals surface area (Å²) in [6.45, 7) is 4.96. The third-order valence-corrected chi connectivity index (χ3v) is 3.94. The van der Waals surface area contributed by atoms with E-state index in [1.807, 2.05) is 18.2 Å². The molecule has 0 aliphatic carbocycles. The number of aromatic nitrogens is 3. The highest BCUT2D eigenvalue weighted by molar-refractivity contribution is 5.58. The van der Waals surface area contributed by atoms with Crippen molar-refractivity contribution < 1.29 is 9.47 Å². The van der Waals surface area contributed by atoms with Gasteiger partial charge in [-0.05, 0) is 54.8 Å². The number of fused-ring (bicyclic) bond motifs is 1.